The van der Waals surface area contributed by atoms with Gasteiger partial charge in [0.05, 0.1) is 29.7 Å². The second kappa shape index (κ2) is 5.42. The molecule has 3 N–H and O–H groups in total. The first-order valence-electron chi connectivity index (χ1n) is 6.78. The predicted octanol–water partition coefficient (Wildman–Crippen LogP) is 1.33. The summed E-state index contributed by atoms with van der Waals surface area (Å²) < 4.78 is 1.63. The molecule has 0 spiro atoms. The van der Waals surface area contributed by atoms with E-state index in [0.717, 1.165) is 30.6 Å². The summed E-state index contributed by atoms with van der Waals surface area (Å²) in [5.41, 5.74) is 7.50. The zero-order valence-electron chi connectivity index (χ0n) is 11.1. The Labute approximate surface area is 117 Å². The average Bonchev–Trinajstić information content (AvgIpc) is 3.10. The number of carbonyl (C=O) groups is 1. The van der Waals surface area contributed by atoms with E-state index in [9.17, 15) is 4.79 Å². The van der Waals surface area contributed by atoms with Gasteiger partial charge in [0.2, 0.25) is 5.91 Å². The number of rotatable bonds is 3. The Bertz CT molecular complexity index is 595. The fourth-order valence-corrected chi connectivity index (χ4v) is 2.66. The smallest absolute Gasteiger partial charge is 0.229 e. The summed E-state index contributed by atoms with van der Waals surface area (Å²) in [6.45, 7) is 0. The predicted molar refractivity (Wildman–Crippen MR) is 75.3 cm³/mol. The fraction of sp³-hybridized carbons (Fsp3) is 0.357. The van der Waals surface area contributed by atoms with Crippen LogP contribution in [0.2, 0.25) is 0 Å². The number of aromatic nitrogens is 3. The number of carbonyl (C=O) groups excluding carboxylic acids is 1. The Balaban J connectivity index is 1.83. The molecule has 1 heterocycles. The van der Waals surface area contributed by atoms with Crippen LogP contribution in [0, 0.1) is 5.92 Å². The normalized spacial score (nSPS) is 21.9. The molecule has 1 aromatic carbocycles. The lowest BCUT2D eigenvalue weighted by atomic mass is 10.0. The maximum atomic E-state index is 12.3. The van der Waals surface area contributed by atoms with Gasteiger partial charge in [0.25, 0.3) is 0 Å². The van der Waals surface area contributed by atoms with Gasteiger partial charge in [0, 0.05) is 6.04 Å². The van der Waals surface area contributed by atoms with E-state index in [-0.39, 0.29) is 17.9 Å². The van der Waals surface area contributed by atoms with Gasteiger partial charge in [0.1, 0.15) is 0 Å². The molecule has 1 aliphatic carbocycles. The molecular weight excluding hydrogens is 254 g/mol. The lowest BCUT2D eigenvalue weighted by Crippen LogP contribution is -2.34. The minimum Gasteiger partial charge on any atom is -0.327 e. The number of nitrogens with two attached hydrogens (primary N) is 1. The van der Waals surface area contributed by atoms with Crippen LogP contribution in [-0.2, 0) is 4.79 Å². The number of nitrogens with one attached hydrogen (secondary N) is 1. The van der Waals surface area contributed by atoms with Crippen LogP contribution >= 0.6 is 0 Å². The fourth-order valence-electron chi connectivity index (χ4n) is 2.66. The van der Waals surface area contributed by atoms with Gasteiger partial charge < -0.3 is 11.1 Å². The highest BCUT2D eigenvalue weighted by Gasteiger charge is 2.30. The van der Waals surface area contributed by atoms with Crippen molar-refractivity contribution in [3.63, 3.8) is 0 Å². The van der Waals surface area contributed by atoms with Crippen molar-refractivity contribution < 1.29 is 4.79 Å². The largest absolute Gasteiger partial charge is 0.327 e. The van der Waals surface area contributed by atoms with Crippen molar-refractivity contribution in [2.75, 3.05) is 5.32 Å². The number of benzene rings is 1. The standard InChI is InChI=1S/C14H17N5O/c15-11-5-3-4-10(11)14(20)17-12-6-1-2-7-13(12)19-9-8-16-18-19/h1-2,6-11H,3-5,15H2,(H,17,20). The number of para-hydroxylation sites is 2. The van der Waals surface area contributed by atoms with Crippen LogP contribution in [0.3, 0.4) is 0 Å². The van der Waals surface area contributed by atoms with Gasteiger partial charge in [-0.05, 0) is 25.0 Å². The van der Waals surface area contributed by atoms with E-state index in [1.807, 2.05) is 24.3 Å². The molecule has 20 heavy (non-hydrogen) atoms. The van der Waals surface area contributed by atoms with Crippen molar-refractivity contribution >= 4 is 11.6 Å². The van der Waals surface area contributed by atoms with Crippen LogP contribution in [0.25, 0.3) is 5.69 Å². The van der Waals surface area contributed by atoms with Crippen LogP contribution in [0.15, 0.2) is 36.7 Å². The molecule has 2 atom stereocenters. The zero-order chi connectivity index (χ0) is 13.9. The van der Waals surface area contributed by atoms with E-state index < -0.39 is 0 Å². The van der Waals surface area contributed by atoms with Gasteiger partial charge in [-0.15, -0.1) is 5.10 Å². The topological polar surface area (TPSA) is 85.8 Å². The first-order valence-corrected chi connectivity index (χ1v) is 6.78. The van der Waals surface area contributed by atoms with E-state index in [4.69, 9.17) is 5.73 Å². The van der Waals surface area contributed by atoms with E-state index in [1.165, 1.54) is 0 Å². The molecule has 0 aliphatic heterocycles. The highest BCUT2D eigenvalue weighted by Crippen LogP contribution is 2.26. The van der Waals surface area contributed by atoms with Gasteiger partial charge in [0.15, 0.2) is 0 Å². The second-order valence-corrected chi connectivity index (χ2v) is 5.06. The Morgan fingerprint density at radius 2 is 2.20 bits per heavy atom. The molecule has 0 saturated heterocycles. The van der Waals surface area contributed by atoms with Crippen LogP contribution in [0.5, 0.6) is 0 Å². The molecule has 2 aromatic rings. The minimum atomic E-state index is -0.0983. The second-order valence-electron chi connectivity index (χ2n) is 5.06. The lowest BCUT2D eigenvalue weighted by molar-refractivity contribution is -0.120. The highest BCUT2D eigenvalue weighted by atomic mass is 16.1. The SMILES string of the molecule is NC1CCCC1C(=O)Nc1ccccc1-n1ccnn1. The summed E-state index contributed by atoms with van der Waals surface area (Å²) in [6, 6.07) is 7.49. The van der Waals surface area contributed by atoms with E-state index in [0.29, 0.717) is 0 Å². The first-order chi connectivity index (χ1) is 9.75. The zero-order valence-corrected chi connectivity index (χ0v) is 11.1. The van der Waals surface area contributed by atoms with E-state index >= 15 is 0 Å². The van der Waals surface area contributed by atoms with Crippen molar-refractivity contribution in [3.05, 3.63) is 36.7 Å². The third kappa shape index (κ3) is 2.42. The highest BCUT2D eigenvalue weighted by molar-refractivity contribution is 5.95. The van der Waals surface area contributed by atoms with Gasteiger partial charge in [-0.1, -0.05) is 23.8 Å². The quantitative estimate of drug-likeness (QED) is 0.882. The van der Waals surface area contributed by atoms with Crippen LogP contribution < -0.4 is 11.1 Å². The minimum absolute atomic E-state index is 0.0115. The monoisotopic (exact) mass is 271 g/mol. The van der Waals surface area contributed by atoms with Crippen molar-refractivity contribution in [2.24, 2.45) is 11.7 Å². The molecule has 6 nitrogen and oxygen atoms in total. The van der Waals surface area contributed by atoms with Gasteiger partial charge in [-0.2, -0.15) is 0 Å². The molecule has 0 bridgehead atoms. The Morgan fingerprint density at radius 3 is 2.90 bits per heavy atom. The lowest BCUT2D eigenvalue weighted by Gasteiger charge is -2.16. The summed E-state index contributed by atoms with van der Waals surface area (Å²) in [6.07, 6.45) is 6.14. The summed E-state index contributed by atoms with van der Waals surface area (Å²) in [5, 5.41) is 10.7. The summed E-state index contributed by atoms with van der Waals surface area (Å²) in [7, 11) is 0. The Hall–Kier alpha value is -2.21. The van der Waals surface area contributed by atoms with Gasteiger partial charge in [-0.25, -0.2) is 4.68 Å². The maximum absolute atomic E-state index is 12.3. The van der Waals surface area contributed by atoms with Gasteiger partial charge in [-0.3, -0.25) is 4.79 Å². The molecule has 3 rings (SSSR count). The van der Waals surface area contributed by atoms with Crippen molar-refractivity contribution in [1.82, 2.24) is 15.0 Å². The van der Waals surface area contributed by atoms with Crippen molar-refractivity contribution in [2.45, 2.75) is 25.3 Å². The Morgan fingerprint density at radius 1 is 1.35 bits per heavy atom. The molecule has 1 saturated carbocycles. The van der Waals surface area contributed by atoms with Crippen molar-refractivity contribution in [3.8, 4) is 5.69 Å². The number of hydrogen-bond donors (Lipinski definition) is 2. The third-order valence-electron chi connectivity index (χ3n) is 3.74. The van der Waals surface area contributed by atoms with E-state index in [1.54, 1.807) is 17.1 Å². The molecule has 1 amide bonds. The molecule has 104 valence electrons. The van der Waals surface area contributed by atoms with Crippen LogP contribution in [0.1, 0.15) is 19.3 Å². The average molecular weight is 271 g/mol. The number of amides is 1. The molecule has 1 aliphatic rings. The van der Waals surface area contributed by atoms with Crippen LogP contribution in [-0.4, -0.2) is 26.9 Å². The summed E-state index contributed by atoms with van der Waals surface area (Å²) in [5.74, 6) is -0.110. The molecule has 2 unspecified atom stereocenters. The number of anilines is 1. The summed E-state index contributed by atoms with van der Waals surface area (Å²) in [4.78, 5) is 12.3. The molecule has 1 fully saturated rings. The van der Waals surface area contributed by atoms with Crippen LogP contribution in [0.4, 0.5) is 5.69 Å². The summed E-state index contributed by atoms with van der Waals surface area (Å²) >= 11 is 0. The molecular formula is C14H17N5O. The molecule has 0 radical (unpaired) electrons. The number of hydrogen-bond acceptors (Lipinski definition) is 4. The maximum Gasteiger partial charge on any atom is 0.229 e. The third-order valence-corrected chi connectivity index (χ3v) is 3.74. The molecule has 1 aromatic heterocycles. The van der Waals surface area contributed by atoms with E-state index in [2.05, 4.69) is 15.6 Å². The Kier molecular flexibility index (Phi) is 3.47. The first kappa shape index (κ1) is 12.8. The van der Waals surface area contributed by atoms with Gasteiger partial charge >= 0.3 is 0 Å². The van der Waals surface area contributed by atoms with Crippen molar-refractivity contribution in [1.29, 1.82) is 0 Å². The number of nitrogens with zero attached hydrogens (tertiary/aromatic N) is 3. The molecule has 6 heteroatoms.